The molecule has 1 aliphatic heterocycles. The van der Waals surface area contributed by atoms with Crippen LogP contribution in [0.3, 0.4) is 0 Å². The summed E-state index contributed by atoms with van der Waals surface area (Å²) in [4.78, 5) is 0. The zero-order chi connectivity index (χ0) is 8.93. The van der Waals surface area contributed by atoms with E-state index in [1.807, 2.05) is 0 Å². The van der Waals surface area contributed by atoms with Crippen molar-refractivity contribution < 1.29 is 0 Å². The first kappa shape index (κ1) is 9.26. The minimum atomic E-state index is 0.571. The van der Waals surface area contributed by atoms with E-state index in [1.54, 1.807) is 0 Å². The Morgan fingerprint density at radius 2 is 1.62 bits per heavy atom. The van der Waals surface area contributed by atoms with Gasteiger partial charge in [-0.25, -0.2) is 0 Å². The predicted octanol–water partition coefficient (Wildman–Crippen LogP) is 1.42. The van der Waals surface area contributed by atoms with Gasteiger partial charge in [0.1, 0.15) is 0 Å². The average Bonchev–Trinajstić information content (AvgIpc) is 2.21. The van der Waals surface area contributed by atoms with Crippen molar-refractivity contribution in [2.24, 2.45) is 0 Å². The van der Waals surface area contributed by atoms with Crippen molar-refractivity contribution in [3.63, 3.8) is 0 Å². The van der Waals surface area contributed by atoms with Crippen LogP contribution in [0.1, 0.15) is 19.3 Å². The van der Waals surface area contributed by atoms with Crippen LogP contribution in [0.4, 0.5) is 0 Å². The van der Waals surface area contributed by atoms with Crippen LogP contribution >= 0.6 is 0 Å². The van der Waals surface area contributed by atoms with Crippen LogP contribution in [0.25, 0.3) is 0 Å². The summed E-state index contributed by atoms with van der Waals surface area (Å²) in [6.45, 7) is 2.63. The third kappa shape index (κ3) is 2.84. The molecule has 0 aliphatic carbocycles. The zero-order valence-corrected chi connectivity index (χ0v) is 9.49. The molecule has 0 radical (unpaired) electrons. The topological polar surface area (TPSA) is 3.24 Å². The van der Waals surface area contributed by atoms with Crippen molar-refractivity contribution in [3.05, 3.63) is 30.3 Å². The monoisotopic (exact) mass is 241 g/mol. The Morgan fingerprint density at radius 1 is 0.923 bits per heavy atom. The number of hydrogen-bond acceptors (Lipinski definition) is 1. The van der Waals surface area contributed by atoms with E-state index < -0.39 is 0 Å². The van der Waals surface area contributed by atoms with E-state index in [0.717, 1.165) is 0 Å². The molecule has 1 aromatic carbocycles. The number of rotatable bonds is 2. The molecule has 0 bridgehead atoms. The summed E-state index contributed by atoms with van der Waals surface area (Å²) >= 11 is 0.571. The molecule has 2 rings (SSSR count). The SMILES string of the molecule is c1ccc([Se]N2CCCCC2)cc1. The van der Waals surface area contributed by atoms with E-state index in [0.29, 0.717) is 15.2 Å². The summed E-state index contributed by atoms with van der Waals surface area (Å²) in [5.74, 6) is 0. The maximum absolute atomic E-state index is 2.62. The molecule has 0 spiro atoms. The first-order valence-corrected chi connectivity index (χ1v) is 6.55. The molecular formula is C11H15NSe. The van der Waals surface area contributed by atoms with Crippen LogP contribution in [0.5, 0.6) is 0 Å². The maximum atomic E-state index is 2.62. The second-order valence-electron chi connectivity index (χ2n) is 3.39. The molecule has 1 nitrogen and oxygen atoms in total. The van der Waals surface area contributed by atoms with Crippen molar-refractivity contribution in [2.75, 3.05) is 13.1 Å². The van der Waals surface area contributed by atoms with E-state index in [4.69, 9.17) is 0 Å². The van der Waals surface area contributed by atoms with Gasteiger partial charge in [-0.2, -0.15) is 0 Å². The van der Waals surface area contributed by atoms with Gasteiger partial charge in [-0.3, -0.25) is 0 Å². The van der Waals surface area contributed by atoms with Crippen molar-refractivity contribution in [3.8, 4) is 0 Å². The van der Waals surface area contributed by atoms with E-state index >= 15 is 0 Å². The van der Waals surface area contributed by atoms with Gasteiger partial charge in [-0.1, -0.05) is 0 Å². The summed E-state index contributed by atoms with van der Waals surface area (Å²) in [5, 5.41) is 0. The van der Waals surface area contributed by atoms with Gasteiger partial charge in [-0.15, -0.1) is 0 Å². The van der Waals surface area contributed by atoms with Crippen molar-refractivity contribution in [1.29, 1.82) is 0 Å². The fraction of sp³-hybridized carbons (Fsp3) is 0.455. The van der Waals surface area contributed by atoms with Crippen LogP contribution in [0.2, 0.25) is 0 Å². The van der Waals surface area contributed by atoms with E-state index in [9.17, 15) is 0 Å². The van der Waals surface area contributed by atoms with Crippen molar-refractivity contribution >= 4 is 19.6 Å². The molecule has 13 heavy (non-hydrogen) atoms. The average molecular weight is 240 g/mol. The molecule has 1 aliphatic rings. The van der Waals surface area contributed by atoms with Crippen LogP contribution in [0, 0.1) is 0 Å². The third-order valence-corrected chi connectivity index (χ3v) is 4.61. The Morgan fingerprint density at radius 3 is 2.31 bits per heavy atom. The van der Waals surface area contributed by atoms with Gasteiger partial charge in [0.25, 0.3) is 0 Å². The molecule has 1 aromatic rings. The fourth-order valence-corrected chi connectivity index (χ4v) is 3.72. The Kier molecular flexibility index (Phi) is 3.42. The second kappa shape index (κ2) is 4.80. The fourth-order valence-electron chi connectivity index (χ4n) is 1.59. The van der Waals surface area contributed by atoms with Crippen molar-refractivity contribution in [1.82, 2.24) is 3.92 Å². The number of benzene rings is 1. The van der Waals surface area contributed by atoms with Crippen LogP contribution < -0.4 is 4.46 Å². The second-order valence-corrected chi connectivity index (χ2v) is 5.85. The summed E-state index contributed by atoms with van der Waals surface area (Å²) in [5.41, 5.74) is 0. The van der Waals surface area contributed by atoms with Crippen LogP contribution in [0.15, 0.2) is 30.3 Å². The van der Waals surface area contributed by atoms with Gasteiger partial charge < -0.3 is 0 Å². The summed E-state index contributed by atoms with van der Waals surface area (Å²) in [6, 6.07) is 10.9. The molecule has 1 heterocycles. The minimum absolute atomic E-state index is 0.571. The molecule has 2 heteroatoms. The Hall–Kier alpha value is -0.301. The quantitative estimate of drug-likeness (QED) is 0.707. The Labute approximate surface area is 86.5 Å². The van der Waals surface area contributed by atoms with Crippen LogP contribution in [-0.4, -0.2) is 32.2 Å². The first-order chi connectivity index (χ1) is 6.45. The first-order valence-electron chi connectivity index (χ1n) is 4.93. The molecule has 1 saturated heterocycles. The summed E-state index contributed by atoms with van der Waals surface area (Å²) in [7, 11) is 0. The van der Waals surface area contributed by atoms with Gasteiger partial charge in [0.15, 0.2) is 0 Å². The zero-order valence-electron chi connectivity index (χ0n) is 7.78. The third-order valence-electron chi connectivity index (χ3n) is 2.29. The Balaban J connectivity index is 1.90. The van der Waals surface area contributed by atoms with E-state index in [-0.39, 0.29) is 0 Å². The molecule has 70 valence electrons. The van der Waals surface area contributed by atoms with Gasteiger partial charge >= 0.3 is 86.2 Å². The number of nitrogens with zero attached hydrogens (tertiary/aromatic N) is 1. The van der Waals surface area contributed by atoms with Gasteiger partial charge in [-0.05, 0) is 0 Å². The number of piperidine rings is 1. The molecular weight excluding hydrogens is 225 g/mol. The molecule has 0 amide bonds. The van der Waals surface area contributed by atoms with Gasteiger partial charge in [0, 0.05) is 0 Å². The molecule has 1 fully saturated rings. The molecule has 0 saturated carbocycles. The Bertz CT molecular complexity index is 242. The van der Waals surface area contributed by atoms with Gasteiger partial charge in [0.2, 0.25) is 0 Å². The van der Waals surface area contributed by atoms with Crippen LogP contribution in [-0.2, 0) is 0 Å². The molecule has 0 N–H and O–H groups in total. The van der Waals surface area contributed by atoms with E-state index in [2.05, 4.69) is 34.2 Å². The molecule has 0 atom stereocenters. The number of hydrogen-bond donors (Lipinski definition) is 0. The summed E-state index contributed by atoms with van der Waals surface area (Å²) in [6.07, 6.45) is 4.23. The summed E-state index contributed by atoms with van der Waals surface area (Å²) < 4.78 is 4.13. The normalized spacial score (nSPS) is 18.8. The predicted molar refractivity (Wildman–Crippen MR) is 57.3 cm³/mol. The standard InChI is InChI=1S/C11H15NSe/c1-3-7-11(8-4-1)13-12-9-5-2-6-10-12/h1,3-4,7-8H,2,5-6,9-10H2. The molecule has 0 aromatic heterocycles. The van der Waals surface area contributed by atoms with Crippen molar-refractivity contribution in [2.45, 2.75) is 19.3 Å². The molecule has 0 unspecified atom stereocenters. The van der Waals surface area contributed by atoms with E-state index in [1.165, 1.54) is 36.8 Å². The van der Waals surface area contributed by atoms with Gasteiger partial charge in [0.05, 0.1) is 0 Å².